The van der Waals surface area contributed by atoms with Crippen molar-refractivity contribution in [2.45, 2.75) is 6.18 Å². The highest BCUT2D eigenvalue weighted by Crippen LogP contribution is 2.50. The van der Waals surface area contributed by atoms with Crippen LogP contribution in [0.3, 0.4) is 0 Å². The Morgan fingerprint density at radius 2 is 0.909 bits per heavy atom. The number of nitrogens with zero attached hydrogens (tertiary/aromatic N) is 1. The van der Waals surface area contributed by atoms with Crippen LogP contribution in [0.5, 0.6) is 5.75 Å². The zero-order valence-electron chi connectivity index (χ0n) is 29.9. The van der Waals surface area contributed by atoms with Crippen molar-refractivity contribution >= 4 is 49.4 Å². The first kappa shape index (κ1) is 34.0. The van der Waals surface area contributed by atoms with E-state index in [0.29, 0.717) is 11.4 Å². The lowest BCUT2D eigenvalue weighted by Gasteiger charge is -2.27. The van der Waals surface area contributed by atoms with Crippen LogP contribution in [-0.4, -0.2) is 7.11 Å². The molecule has 0 saturated carbocycles. The van der Waals surface area contributed by atoms with Gasteiger partial charge in [0.05, 0.1) is 12.7 Å². The van der Waals surface area contributed by atoms with Gasteiger partial charge in [0.25, 0.3) is 0 Å². The Morgan fingerprint density at radius 3 is 1.49 bits per heavy atom. The van der Waals surface area contributed by atoms with Crippen LogP contribution in [0.15, 0.2) is 188 Å². The number of rotatable bonds is 7. The highest BCUT2D eigenvalue weighted by molar-refractivity contribution is 6.33. The van der Waals surface area contributed by atoms with Crippen LogP contribution in [0, 0.1) is 0 Å². The molecule has 9 rings (SSSR count). The lowest BCUT2D eigenvalue weighted by atomic mass is 9.81. The Hall–Kier alpha value is -6.85. The van der Waals surface area contributed by atoms with E-state index >= 15 is 0 Å². The molecule has 55 heavy (non-hydrogen) atoms. The fourth-order valence-electron chi connectivity index (χ4n) is 7.85. The maximum absolute atomic E-state index is 13.7. The fourth-order valence-corrected chi connectivity index (χ4v) is 7.85. The van der Waals surface area contributed by atoms with Gasteiger partial charge in [0.2, 0.25) is 0 Å². The van der Waals surface area contributed by atoms with Crippen molar-refractivity contribution in [3.63, 3.8) is 0 Å². The number of benzene rings is 9. The zero-order chi connectivity index (χ0) is 37.5. The molecule has 0 unspecified atom stereocenters. The molecule has 0 atom stereocenters. The Labute approximate surface area is 317 Å². The number of hydrogen-bond acceptors (Lipinski definition) is 2. The van der Waals surface area contributed by atoms with E-state index in [4.69, 9.17) is 4.74 Å². The molecule has 0 aliphatic heterocycles. The molecule has 2 nitrogen and oxygen atoms in total. The van der Waals surface area contributed by atoms with Gasteiger partial charge in [-0.05, 0) is 132 Å². The molecular weight excluding hydrogens is 688 g/mol. The highest BCUT2D eigenvalue weighted by Gasteiger charge is 2.30. The Kier molecular flexibility index (Phi) is 8.55. The van der Waals surface area contributed by atoms with Crippen molar-refractivity contribution in [1.82, 2.24) is 0 Å². The lowest BCUT2D eigenvalue weighted by molar-refractivity contribution is -0.137. The number of fused-ring (bicyclic) bond motifs is 6. The van der Waals surface area contributed by atoms with Gasteiger partial charge in [-0.15, -0.1) is 0 Å². The minimum absolute atomic E-state index is 0.602. The fraction of sp³-hybridized carbons (Fsp3) is 0.0400. The van der Waals surface area contributed by atoms with Gasteiger partial charge in [-0.3, -0.25) is 0 Å². The Morgan fingerprint density at radius 1 is 0.418 bits per heavy atom. The van der Waals surface area contributed by atoms with Crippen molar-refractivity contribution in [1.29, 1.82) is 0 Å². The third kappa shape index (κ3) is 6.14. The third-order valence-corrected chi connectivity index (χ3v) is 10.4. The minimum Gasteiger partial charge on any atom is -0.497 e. The second kappa shape index (κ2) is 13.9. The summed E-state index contributed by atoms with van der Waals surface area (Å²) in [6.45, 7) is 0. The van der Waals surface area contributed by atoms with Crippen LogP contribution >= 0.6 is 0 Å². The predicted molar refractivity (Wildman–Crippen MR) is 222 cm³/mol. The summed E-state index contributed by atoms with van der Waals surface area (Å²) in [4.78, 5) is 1.99. The molecule has 0 radical (unpaired) electrons. The molecule has 9 aromatic rings. The highest BCUT2D eigenvalue weighted by atomic mass is 19.4. The van der Waals surface area contributed by atoms with E-state index in [-0.39, 0.29) is 0 Å². The second-order valence-electron chi connectivity index (χ2n) is 13.5. The van der Waals surface area contributed by atoms with E-state index < -0.39 is 11.7 Å². The summed E-state index contributed by atoms with van der Waals surface area (Å²) < 4.78 is 46.6. The molecule has 0 N–H and O–H groups in total. The van der Waals surface area contributed by atoms with Gasteiger partial charge in [-0.1, -0.05) is 121 Å². The minimum atomic E-state index is -4.44. The molecule has 5 heteroatoms. The summed E-state index contributed by atoms with van der Waals surface area (Å²) in [7, 11) is 1.61. The average Bonchev–Trinajstić information content (AvgIpc) is 3.24. The number of hydrogen-bond donors (Lipinski definition) is 0. The number of alkyl halides is 3. The first-order valence-electron chi connectivity index (χ1n) is 18.1. The van der Waals surface area contributed by atoms with Crippen LogP contribution < -0.4 is 9.64 Å². The van der Waals surface area contributed by atoms with Crippen LogP contribution in [0.4, 0.5) is 30.2 Å². The molecule has 0 aliphatic carbocycles. The van der Waals surface area contributed by atoms with E-state index in [2.05, 4.69) is 121 Å². The molecule has 0 fully saturated rings. The quantitative estimate of drug-likeness (QED) is 0.152. The Bertz CT molecular complexity index is 2800. The van der Waals surface area contributed by atoms with E-state index in [9.17, 15) is 13.2 Å². The summed E-state index contributed by atoms with van der Waals surface area (Å²) in [5.41, 5.74) is 8.26. The first-order chi connectivity index (χ1) is 26.9. The van der Waals surface area contributed by atoms with Crippen LogP contribution in [0.1, 0.15) is 5.56 Å². The first-order valence-corrected chi connectivity index (χ1v) is 18.1. The third-order valence-electron chi connectivity index (χ3n) is 10.4. The maximum Gasteiger partial charge on any atom is 0.416 e. The van der Waals surface area contributed by atoms with Crippen molar-refractivity contribution in [2.75, 3.05) is 12.0 Å². The molecule has 0 bridgehead atoms. The summed E-state index contributed by atoms with van der Waals surface area (Å²) in [5, 5.41) is 6.61. The normalized spacial score (nSPS) is 11.6. The summed E-state index contributed by atoms with van der Waals surface area (Å²) >= 11 is 0. The molecule has 0 heterocycles. The summed E-state index contributed by atoms with van der Waals surface area (Å²) in [6.07, 6.45) is -4.44. The monoisotopic (exact) mass is 721 g/mol. The van der Waals surface area contributed by atoms with E-state index in [1.807, 2.05) is 47.4 Å². The van der Waals surface area contributed by atoms with Crippen molar-refractivity contribution in [2.24, 2.45) is 0 Å². The number of halogens is 3. The molecule has 9 aromatic carbocycles. The molecule has 0 amide bonds. The van der Waals surface area contributed by atoms with Gasteiger partial charge < -0.3 is 9.64 Å². The Balaban J connectivity index is 1.41. The van der Waals surface area contributed by atoms with Gasteiger partial charge in [0, 0.05) is 17.1 Å². The predicted octanol–water partition coefficient (Wildman–Crippen LogP) is 14.6. The average molecular weight is 722 g/mol. The van der Waals surface area contributed by atoms with Gasteiger partial charge in [0.15, 0.2) is 0 Å². The smallest absolute Gasteiger partial charge is 0.416 e. The summed E-state index contributed by atoms with van der Waals surface area (Å²) in [6, 6.07) is 61.8. The van der Waals surface area contributed by atoms with Gasteiger partial charge >= 0.3 is 6.18 Å². The largest absolute Gasteiger partial charge is 0.497 e. The summed E-state index contributed by atoms with van der Waals surface area (Å²) in [5.74, 6) is 0.684. The molecular formula is C50H34F3NO. The van der Waals surface area contributed by atoms with Crippen molar-refractivity contribution in [3.05, 3.63) is 194 Å². The number of methoxy groups -OCH3 is 1. The van der Waals surface area contributed by atoms with Gasteiger partial charge in [-0.25, -0.2) is 0 Å². The number of ether oxygens (including phenoxy) is 1. The van der Waals surface area contributed by atoms with Crippen molar-refractivity contribution in [3.8, 4) is 39.1 Å². The molecule has 0 aromatic heterocycles. The van der Waals surface area contributed by atoms with Gasteiger partial charge in [-0.2, -0.15) is 13.2 Å². The molecule has 0 spiro atoms. The van der Waals surface area contributed by atoms with Crippen LogP contribution in [0.2, 0.25) is 0 Å². The van der Waals surface area contributed by atoms with E-state index in [1.54, 1.807) is 7.11 Å². The molecule has 0 aliphatic rings. The lowest BCUT2D eigenvalue weighted by Crippen LogP contribution is -2.11. The van der Waals surface area contributed by atoms with Crippen LogP contribution in [-0.2, 0) is 6.18 Å². The molecule has 266 valence electrons. The van der Waals surface area contributed by atoms with Crippen LogP contribution in [0.25, 0.3) is 65.7 Å². The molecule has 0 saturated heterocycles. The SMILES string of the molecule is COc1ccc(N(c2ccc(C(F)(F)F)cc2)c2ccc3c(c2)c2ccccc2c2c(-c4ccccc4)cc(-c4ccccc4)c(-c4ccccc4)c32)cc1. The topological polar surface area (TPSA) is 12.5 Å². The maximum atomic E-state index is 13.7. The second-order valence-corrected chi connectivity index (χ2v) is 13.5. The zero-order valence-corrected chi connectivity index (χ0v) is 29.9. The number of anilines is 3. The van der Waals surface area contributed by atoms with Gasteiger partial charge in [0.1, 0.15) is 5.75 Å². The van der Waals surface area contributed by atoms with E-state index in [1.165, 1.54) is 12.1 Å². The standard InChI is InChI=1S/C50H34F3NO/c1-55-40-28-25-38(26-29-40)54(37-23-21-36(22-24-37)50(51,52)53)39-27-30-43-46(31-39)41-19-11-12-20-42(41)48-45(34-15-7-3-8-16-34)32-44(33-13-5-2-6-14-33)47(49(43)48)35-17-9-4-10-18-35/h2-32H,1H3. The van der Waals surface area contributed by atoms with E-state index in [0.717, 1.165) is 89.2 Å². The van der Waals surface area contributed by atoms with Crippen molar-refractivity contribution < 1.29 is 17.9 Å².